The zero-order valence-corrected chi connectivity index (χ0v) is 8.00. The van der Waals surface area contributed by atoms with Gasteiger partial charge in [0.2, 0.25) is 0 Å². The van der Waals surface area contributed by atoms with Crippen molar-refractivity contribution in [3.63, 3.8) is 0 Å². The van der Waals surface area contributed by atoms with E-state index in [9.17, 15) is 4.39 Å². The summed E-state index contributed by atoms with van der Waals surface area (Å²) in [4.78, 5) is 0. The Kier molecular flexibility index (Phi) is 2.32. The van der Waals surface area contributed by atoms with Crippen molar-refractivity contribution in [3.8, 4) is 11.1 Å². The van der Waals surface area contributed by atoms with Crippen molar-refractivity contribution in [2.24, 2.45) is 0 Å². The third-order valence-electron chi connectivity index (χ3n) is 2.31. The van der Waals surface area contributed by atoms with E-state index < -0.39 is 0 Å². The molecule has 0 spiro atoms. The first-order valence-corrected chi connectivity index (χ1v) is 4.59. The van der Waals surface area contributed by atoms with Crippen LogP contribution < -0.4 is 0 Å². The summed E-state index contributed by atoms with van der Waals surface area (Å²) < 4.78 is 13.5. The molecular formula is C13H11F. The van der Waals surface area contributed by atoms with E-state index in [1.54, 1.807) is 12.1 Å². The molecule has 0 aliphatic rings. The summed E-state index contributed by atoms with van der Waals surface area (Å²) in [6.45, 7) is 1.99. The van der Waals surface area contributed by atoms with E-state index in [0.717, 1.165) is 11.1 Å². The number of hydrogen-bond acceptors (Lipinski definition) is 0. The maximum Gasteiger partial charge on any atom is 0.131 e. The second-order valence-corrected chi connectivity index (χ2v) is 3.29. The quantitative estimate of drug-likeness (QED) is 0.635. The Hall–Kier alpha value is -1.63. The van der Waals surface area contributed by atoms with Gasteiger partial charge in [-0.3, -0.25) is 0 Å². The Labute approximate surface area is 83.0 Å². The zero-order valence-electron chi connectivity index (χ0n) is 8.00. The monoisotopic (exact) mass is 186 g/mol. The molecule has 70 valence electrons. The molecule has 0 aliphatic heterocycles. The molecule has 0 unspecified atom stereocenters. The topological polar surface area (TPSA) is 0 Å². The molecule has 0 nitrogen and oxygen atoms in total. The Bertz CT molecular complexity index is 403. The van der Waals surface area contributed by atoms with Gasteiger partial charge in [-0.15, -0.1) is 0 Å². The maximum absolute atomic E-state index is 13.5. The minimum Gasteiger partial charge on any atom is -0.206 e. The molecule has 0 saturated carbocycles. The minimum atomic E-state index is -0.165. The van der Waals surface area contributed by atoms with Crippen LogP contribution in [0.1, 0.15) is 5.56 Å². The van der Waals surface area contributed by atoms with Crippen LogP contribution >= 0.6 is 0 Å². The Balaban J connectivity index is 2.61. The predicted molar refractivity (Wildman–Crippen MR) is 56.6 cm³/mol. The smallest absolute Gasteiger partial charge is 0.131 e. The summed E-state index contributed by atoms with van der Waals surface area (Å²) in [7, 11) is 0. The Morgan fingerprint density at radius 3 is 2.00 bits per heavy atom. The first-order valence-electron chi connectivity index (χ1n) is 4.59. The lowest BCUT2D eigenvalue weighted by Gasteiger charge is -2.05. The lowest BCUT2D eigenvalue weighted by molar-refractivity contribution is 0.631. The van der Waals surface area contributed by atoms with Crippen molar-refractivity contribution in [2.75, 3.05) is 0 Å². The summed E-state index contributed by atoms with van der Waals surface area (Å²) in [5.74, 6) is -0.165. The van der Waals surface area contributed by atoms with E-state index in [4.69, 9.17) is 0 Å². The highest BCUT2D eigenvalue weighted by Gasteiger charge is 2.04. The van der Waals surface area contributed by atoms with Gasteiger partial charge in [0.05, 0.1) is 0 Å². The van der Waals surface area contributed by atoms with Crippen LogP contribution in [0.15, 0.2) is 48.5 Å². The van der Waals surface area contributed by atoms with Crippen LogP contribution in [0.2, 0.25) is 0 Å². The van der Waals surface area contributed by atoms with E-state index in [1.807, 2.05) is 37.3 Å². The average Bonchev–Trinajstić information content (AvgIpc) is 2.20. The van der Waals surface area contributed by atoms with Crippen LogP contribution in [0.4, 0.5) is 4.39 Å². The summed E-state index contributed by atoms with van der Waals surface area (Å²) in [6, 6.07) is 14.7. The summed E-state index contributed by atoms with van der Waals surface area (Å²) in [5, 5.41) is 0. The van der Waals surface area contributed by atoms with E-state index in [1.165, 1.54) is 6.07 Å². The van der Waals surface area contributed by atoms with E-state index in [0.29, 0.717) is 5.56 Å². The van der Waals surface area contributed by atoms with Gasteiger partial charge in [-0.1, -0.05) is 42.5 Å². The Morgan fingerprint density at radius 2 is 1.36 bits per heavy atom. The molecule has 0 heterocycles. The number of rotatable bonds is 1. The zero-order chi connectivity index (χ0) is 9.97. The van der Waals surface area contributed by atoms with Crippen molar-refractivity contribution in [3.05, 3.63) is 59.9 Å². The molecule has 14 heavy (non-hydrogen) atoms. The summed E-state index contributed by atoms with van der Waals surface area (Å²) in [5.41, 5.74) is 2.73. The SMILES string of the molecule is Cc1ccccc1-c1ccccc1F. The second-order valence-electron chi connectivity index (χ2n) is 3.29. The van der Waals surface area contributed by atoms with Crippen LogP contribution in [0.25, 0.3) is 11.1 Å². The second kappa shape index (κ2) is 3.62. The van der Waals surface area contributed by atoms with Gasteiger partial charge in [-0.2, -0.15) is 0 Å². The average molecular weight is 186 g/mol. The molecule has 2 aromatic carbocycles. The minimum absolute atomic E-state index is 0.165. The highest BCUT2D eigenvalue weighted by molar-refractivity contribution is 5.67. The van der Waals surface area contributed by atoms with Crippen LogP contribution in [-0.4, -0.2) is 0 Å². The summed E-state index contributed by atoms with van der Waals surface area (Å²) >= 11 is 0. The van der Waals surface area contributed by atoms with Crippen LogP contribution in [0.3, 0.4) is 0 Å². The van der Waals surface area contributed by atoms with Crippen molar-refractivity contribution < 1.29 is 4.39 Å². The highest BCUT2D eigenvalue weighted by atomic mass is 19.1. The van der Waals surface area contributed by atoms with Gasteiger partial charge in [-0.05, 0) is 24.1 Å². The maximum atomic E-state index is 13.5. The molecule has 0 atom stereocenters. The van der Waals surface area contributed by atoms with Gasteiger partial charge >= 0.3 is 0 Å². The fourth-order valence-electron chi connectivity index (χ4n) is 1.55. The molecule has 0 amide bonds. The van der Waals surface area contributed by atoms with Crippen LogP contribution in [0.5, 0.6) is 0 Å². The number of aryl methyl sites for hydroxylation is 1. The van der Waals surface area contributed by atoms with Crippen molar-refractivity contribution >= 4 is 0 Å². The third kappa shape index (κ3) is 1.53. The standard InChI is InChI=1S/C13H11F/c1-10-6-2-3-7-11(10)12-8-4-5-9-13(12)14/h2-9H,1H3. The Morgan fingerprint density at radius 1 is 0.786 bits per heavy atom. The van der Waals surface area contributed by atoms with Gasteiger partial charge < -0.3 is 0 Å². The molecule has 2 rings (SSSR count). The van der Waals surface area contributed by atoms with Gasteiger partial charge in [0.1, 0.15) is 5.82 Å². The normalized spacial score (nSPS) is 10.1. The first-order chi connectivity index (χ1) is 6.79. The molecule has 0 aromatic heterocycles. The van der Waals surface area contributed by atoms with Gasteiger partial charge in [-0.25, -0.2) is 4.39 Å². The molecular weight excluding hydrogens is 175 g/mol. The predicted octanol–water partition coefficient (Wildman–Crippen LogP) is 3.80. The van der Waals surface area contributed by atoms with E-state index in [-0.39, 0.29) is 5.82 Å². The molecule has 0 saturated heterocycles. The van der Waals surface area contributed by atoms with Gasteiger partial charge in [0, 0.05) is 5.56 Å². The van der Waals surface area contributed by atoms with E-state index in [2.05, 4.69) is 0 Å². The highest BCUT2D eigenvalue weighted by Crippen LogP contribution is 2.25. The molecule has 0 aliphatic carbocycles. The third-order valence-corrected chi connectivity index (χ3v) is 2.31. The number of hydrogen-bond donors (Lipinski definition) is 0. The lowest BCUT2D eigenvalue weighted by atomic mass is 10.0. The van der Waals surface area contributed by atoms with Crippen molar-refractivity contribution in [1.82, 2.24) is 0 Å². The van der Waals surface area contributed by atoms with Crippen LogP contribution in [0, 0.1) is 12.7 Å². The fraction of sp³-hybridized carbons (Fsp3) is 0.0769. The molecule has 0 N–H and O–H groups in total. The van der Waals surface area contributed by atoms with Gasteiger partial charge in [0.15, 0.2) is 0 Å². The van der Waals surface area contributed by atoms with Gasteiger partial charge in [0.25, 0.3) is 0 Å². The number of halogens is 1. The molecule has 0 fully saturated rings. The van der Waals surface area contributed by atoms with E-state index >= 15 is 0 Å². The number of benzene rings is 2. The fourth-order valence-corrected chi connectivity index (χ4v) is 1.55. The molecule has 2 aromatic rings. The van der Waals surface area contributed by atoms with Crippen molar-refractivity contribution in [1.29, 1.82) is 0 Å². The largest absolute Gasteiger partial charge is 0.206 e. The molecule has 1 heteroatoms. The molecule has 0 bridgehead atoms. The lowest BCUT2D eigenvalue weighted by Crippen LogP contribution is -1.86. The van der Waals surface area contributed by atoms with Crippen LogP contribution in [-0.2, 0) is 0 Å². The van der Waals surface area contributed by atoms with Crippen molar-refractivity contribution in [2.45, 2.75) is 6.92 Å². The summed E-state index contributed by atoms with van der Waals surface area (Å²) in [6.07, 6.45) is 0. The molecule has 0 radical (unpaired) electrons. The first kappa shape index (κ1) is 8.95.